The van der Waals surface area contributed by atoms with E-state index in [1.165, 1.54) is 0 Å². The van der Waals surface area contributed by atoms with Gasteiger partial charge in [0.15, 0.2) is 0 Å². The molecule has 6 heteroatoms. The molecule has 150 valence electrons. The lowest BCUT2D eigenvalue weighted by Crippen LogP contribution is -2.49. The van der Waals surface area contributed by atoms with Gasteiger partial charge in [-0.05, 0) is 37.3 Å². The van der Waals surface area contributed by atoms with Crippen LogP contribution in [-0.2, 0) is 19.8 Å². The fourth-order valence-corrected chi connectivity index (χ4v) is 5.25. The second-order valence-corrected chi connectivity index (χ2v) is 8.20. The van der Waals surface area contributed by atoms with Gasteiger partial charge in [0, 0.05) is 38.2 Å². The first-order valence-electron chi connectivity index (χ1n) is 10.6. The number of amides is 3. The zero-order valence-electron chi connectivity index (χ0n) is 16.6. The molecule has 3 aliphatic heterocycles. The summed E-state index contributed by atoms with van der Waals surface area (Å²) in [5.41, 5.74) is 1.27. The highest BCUT2D eigenvalue weighted by molar-refractivity contribution is 6.07. The van der Waals surface area contributed by atoms with Crippen molar-refractivity contribution in [2.45, 2.75) is 63.3 Å². The smallest absolute Gasteiger partial charge is 0.237 e. The van der Waals surface area contributed by atoms with E-state index in [-0.39, 0.29) is 23.8 Å². The second kappa shape index (κ2) is 7.57. The van der Waals surface area contributed by atoms with Crippen LogP contribution in [0.2, 0.25) is 0 Å². The maximum Gasteiger partial charge on any atom is 0.237 e. The van der Waals surface area contributed by atoms with Crippen LogP contribution in [0.5, 0.6) is 0 Å². The summed E-state index contributed by atoms with van der Waals surface area (Å²) >= 11 is 0. The summed E-state index contributed by atoms with van der Waals surface area (Å²) in [4.78, 5) is 41.9. The van der Waals surface area contributed by atoms with Crippen molar-refractivity contribution in [3.63, 3.8) is 0 Å². The number of likely N-dealkylation sites (tertiary alicyclic amines) is 2. The highest BCUT2D eigenvalue weighted by Gasteiger charge is 2.58. The first kappa shape index (κ1) is 19.0. The number of piperidine rings is 1. The number of carbonyl (C=O) groups excluding carboxylic acids is 3. The molecule has 1 aromatic rings. The van der Waals surface area contributed by atoms with Crippen LogP contribution in [0.4, 0.5) is 5.69 Å². The highest BCUT2D eigenvalue weighted by Crippen LogP contribution is 2.49. The largest absolute Gasteiger partial charge is 0.342 e. The van der Waals surface area contributed by atoms with Gasteiger partial charge in [-0.1, -0.05) is 31.5 Å². The average Bonchev–Trinajstić information content (AvgIpc) is 3.21. The van der Waals surface area contributed by atoms with Gasteiger partial charge >= 0.3 is 0 Å². The fraction of sp³-hybridized carbons (Fsp3) is 0.591. The summed E-state index contributed by atoms with van der Waals surface area (Å²) in [6.07, 6.45) is 5.27. The Kier molecular flexibility index (Phi) is 5.13. The molecule has 6 nitrogen and oxygen atoms in total. The van der Waals surface area contributed by atoms with E-state index < -0.39 is 5.41 Å². The van der Waals surface area contributed by atoms with Gasteiger partial charge in [0.2, 0.25) is 17.7 Å². The van der Waals surface area contributed by atoms with Crippen LogP contribution >= 0.6 is 0 Å². The molecule has 0 aromatic heterocycles. The van der Waals surface area contributed by atoms with Crippen molar-refractivity contribution in [1.82, 2.24) is 9.80 Å². The third kappa shape index (κ3) is 2.99. The molecule has 28 heavy (non-hydrogen) atoms. The number of nitrogens with zero attached hydrogens (tertiary/aromatic N) is 2. The van der Waals surface area contributed by atoms with Crippen LogP contribution in [0.1, 0.15) is 57.4 Å². The molecule has 0 aliphatic carbocycles. The van der Waals surface area contributed by atoms with Gasteiger partial charge in [0.1, 0.15) is 0 Å². The molecule has 1 aromatic carbocycles. The molecule has 0 radical (unpaired) electrons. The van der Waals surface area contributed by atoms with Crippen LogP contribution in [0.25, 0.3) is 0 Å². The van der Waals surface area contributed by atoms with Crippen LogP contribution in [0, 0.1) is 0 Å². The van der Waals surface area contributed by atoms with Crippen LogP contribution in [0.3, 0.4) is 0 Å². The van der Waals surface area contributed by atoms with Crippen molar-refractivity contribution >= 4 is 23.4 Å². The molecular formula is C22H29N3O3. The molecule has 0 saturated carbocycles. The zero-order valence-corrected chi connectivity index (χ0v) is 16.6. The van der Waals surface area contributed by atoms with Gasteiger partial charge in [-0.3, -0.25) is 14.4 Å². The molecule has 3 aliphatic rings. The predicted octanol–water partition coefficient (Wildman–Crippen LogP) is 2.68. The number of anilines is 1. The summed E-state index contributed by atoms with van der Waals surface area (Å²) in [6.45, 7) is 3.94. The minimum atomic E-state index is -0.636. The zero-order chi connectivity index (χ0) is 19.7. The highest BCUT2D eigenvalue weighted by atomic mass is 16.2. The lowest BCUT2D eigenvalue weighted by molar-refractivity contribution is -0.136. The maximum atomic E-state index is 13.1. The molecule has 2 fully saturated rings. The summed E-state index contributed by atoms with van der Waals surface area (Å²) in [7, 11) is 0. The Bertz CT molecular complexity index is 793. The van der Waals surface area contributed by atoms with E-state index in [4.69, 9.17) is 0 Å². The van der Waals surface area contributed by atoms with E-state index in [1.54, 1.807) is 0 Å². The molecule has 2 atom stereocenters. The predicted molar refractivity (Wildman–Crippen MR) is 107 cm³/mol. The number of benzene rings is 1. The van der Waals surface area contributed by atoms with Crippen LogP contribution in [-0.4, -0.2) is 53.2 Å². The first-order valence-corrected chi connectivity index (χ1v) is 10.6. The van der Waals surface area contributed by atoms with E-state index in [0.29, 0.717) is 32.4 Å². The Hall–Kier alpha value is -2.37. The number of hydrogen-bond acceptors (Lipinski definition) is 3. The number of para-hydroxylation sites is 1. The molecule has 0 bridgehead atoms. The summed E-state index contributed by atoms with van der Waals surface area (Å²) in [5.74, 6) is 0.241. The lowest BCUT2D eigenvalue weighted by atomic mass is 9.73. The molecule has 0 unspecified atom stereocenters. The van der Waals surface area contributed by atoms with Gasteiger partial charge in [-0.25, -0.2) is 0 Å². The molecule has 2 saturated heterocycles. The third-order valence-corrected chi connectivity index (χ3v) is 6.65. The number of carbonyl (C=O) groups is 3. The Morgan fingerprint density at radius 1 is 1.21 bits per heavy atom. The standard InChI is InChI=1S/C22H29N3O3/c1-2-7-18-22(16-8-3-4-9-17(16)23-21(22)28)12-15-25(18)20(27)11-14-24-13-6-5-10-19(24)26/h3-4,8-9,18H,2,5-7,10-15H2,1H3,(H,23,28)/t18-,22+/m0/s1. The minimum absolute atomic E-state index is 0.0219. The number of nitrogens with one attached hydrogen (secondary N) is 1. The van der Waals surface area contributed by atoms with Crippen molar-refractivity contribution in [1.29, 1.82) is 0 Å². The molecular weight excluding hydrogens is 354 g/mol. The topological polar surface area (TPSA) is 69.7 Å². The summed E-state index contributed by atoms with van der Waals surface area (Å²) in [6, 6.07) is 7.75. The van der Waals surface area contributed by atoms with Gasteiger partial charge in [-0.2, -0.15) is 0 Å². The average molecular weight is 383 g/mol. The number of rotatable bonds is 5. The summed E-state index contributed by atoms with van der Waals surface area (Å²) in [5, 5.41) is 3.04. The van der Waals surface area contributed by atoms with E-state index in [9.17, 15) is 14.4 Å². The van der Waals surface area contributed by atoms with Crippen LogP contribution in [0.15, 0.2) is 24.3 Å². The normalized spacial score (nSPS) is 26.7. The summed E-state index contributed by atoms with van der Waals surface area (Å²) < 4.78 is 0. The quantitative estimate of drug-likeness (QED) is 0.850. The second-order valence-electron chi connectivity index (χ2n) is 8.20. The van der Waals surface area contributed by atoms with Crippen molar-refractivity contribution < 1.29 is 14.4 Å². The Labute approximate surface area is 166 Å². The van der Waals surface area contributed by atoms with E-state index in [1.807, 2.05) is 34.1 Å². The molecule has 3 heterocycles. The van der Waals surface area contributed by atoms with Crippen molar-refractivity contribution in [2.75, 3.05) is 25.0 Å². The van der Waals surface area contributed by atoms with Gasteiger partial charge in [0.05, 0.1) is 11.5 Å². The Morgan fingerprint density at radius 3 is 2.82 bits per heavy atom. The first-order chi connectivity index (χ1) is 13.6. The van der Waals surface area contributed by atoms with Crippen molar-refractivity contribution in [3.05, 3.63) is 29.8 Å². The van der Waals surface area contributed by atoms with E-state index >= 15 is 0 Å². The number of hydrogen-bond donors (Lipinski definition) is 1. The van der Waals surface area contributed by atoms with Crippen molar-refractivity contribution in [2.24, 2.45) is 0 Å². The molecule has 1 spiro atoms. The third-order valence-electron chi connectivity index (χ3n) is 6.65. The Balaban J connectivity index is 1.53. The van der Waals surface area contributed by atoms with E-state index in [0.717, 1.165) is 43.5 Å². The minimum Gasteiger partial charge on any atom is -0.342 e. The van der Waals surface area contributed by atoms with E-state index in [2.05, 4.69) is 12.2 Å². The fourth-order valence-electron chi connectivity index (χ4n) is 5.25. The monoisotopic (exact) mass is 383 g/mol. The maximum absolute atomic E-state index is 13.1. The van der Waals surface area contributed by atoms with Gasteiger partial charge in [0.25, 0.3) is 0 Å². The van der Waals surface area contributed by atoms with Gasteiger partial charge in [-0.15, -0.1) is 0 Å². The van der Waals surface area contributed by atoms with Gasteiger partial charge < -0.3 is 15.1 Å². The molecule has 1 N–H and O–H groups in total. The van der Waals surface area contributed by atoms with Crippen LogP contribution < -0.4 is 5.32 Å². The molecule has 3 amide bonds. The number of fused-ring (bicyclic) bond motifs is 2. The lowest BCUT2D eigenvalue weighted by Gasteiger charge is -2.34. The van der Waals surface area contributed by atoms with Crippen molar-refractivity contribution in [3.8, 4) is 0 Å². The Morgan fingerprint density at radius 2 is 2.04 bits per heavy atom. The molecule has 4 rings (SSSR count). The SMILES string of the molecule is CCC[C@@H]1N(C(=O)CCN2CCCCC2=O)CC[C@]12C(=O)Nc1ccccc12.